The lowest BCUT2D eigenvalue weighted by molar-refractivity contribution is 0.0668. The molecule has 0 amide bonds. The molecule has 0 radical (unpaired) electrons. The van der Waals surface area contributed by atoms with Crippen LogP contribution in [0.3, 0.4) is 0 Å². The van der Waals surface area contributed by atoms with Gasteiger partial charge in [-0.3, -0.25) is 4.90 Å². The summed E-state index contributed by atoms with van der Waals surface area (Å²) in [5.74, 6) is 1.57. The van der Waals surface area contributed by atoms with Crippen molar-refractivity contribution in [2.45, 2.75) is 45.5 Å². The zero-order chi connectivity index (χ0) is 18.4. The summed E-state index contributed by atoms with van der Waals surface area (Å²) in [5, 5.41) is 0. The molecule has 1 aromatic heterocycles. The maximum absolute atomic E-state index is 5.88. The first-order valence-electron chi connectivity index (χ1n) is 9.28. The number of rotatable bonds is 9. The summed E-state index contributed by atoms with van der Waals surface area (Å²) in [6, 6.07) is 6.04. The van der Waals surface area contributed by atoms with E-state index in [1.807, 2.05) is 24.7 Å². The smallest absolute Gasteiger partial charge is 0.165 e. The highest BCUT2D eigenvalue weighted by atomic mass is 16.5. The minimum atomic E-state index is 0.296. The van der Waals surface area contributed by atoms with E-state index < -0.39 is 0 Å². The molecule has 2 heterocycles. The Balaban J connectivity index is 1.81. The van der Waals surface area contributed by atoms with E-state index in [2.05, 4.69) is 27.4 Å². The molecule has 0 unspecified atom stereocenters. The third kappa shape index (κ3) is 4.37. The fourth-order valence-electron chi connectivity index (χ4n) is 3.57. The maximum Gasteiger partial charge on any atom is 0.165 e. The van der Waals surface area contributed by atoms with Crippen LogP contribution in [-0.4, -0.2) is 47.9 Å². The Bertz CT molecular complexity index is 695. The van der Waals surface area contributed by atoms with Crippen molar-refractivity contribution in [3.63, 3.8) is 0 Å². The number of hydrogen-bond donors (Lipinski definition) is 0. The molecule has 0 bridgehead atoms. The van der Waals surface area contributed by atoms with E-state index in [-0.39, 0.29) is 0 Å². The van der Waals surface area contributed by atoms with Crippen LogP contribution in [0.15, 0.2) is 30.7 Å². The van der Waals surface area contributed by atoms with Gasteiger partial charge in [-0.25, -0.2) is 4.98 Å². The summed E-state index contributed by atoms with van der Waals surface area (Å²) in [4.78, 5) is 6.72. The SMILES string of the molecule is CCn1cncc1CN(Cc1cccc(OC)c1OC)C[C@H]1CCCO1. The molecule has 142 valence electrons. The van der Waals surface area contributed by atoms with Gasteiger partial charge in [0, 0.05) is 44.5 Å². The quantitative estimate of drug-likeness (QED) is 0.689. The lowest BCUT2D eigenvalue weighted by Gasteiger charge is -2.26. The second-order valence-electron chi connectivity index (χ2n) is 6.63. The Kier molecular flexibility index (Phi) is 6.52. The van der Waals surface area contributed by atoms with E-state index in [4.69, 9.17) is 14.2 Å². The molecule has 1 aliphatic rings. The van der Waals surface area contributed by atoms with E-state index in [1.165, 1.54) is 5.69 Å². The molecular formula is C20H29N3O3. The molecular weight excluding hydrogens is 330 g/mol. The van der Waals surface area contributed by atoms with E-state index >= 15 is 0 Å². The summed E-state index contributed by atoms with van der Waals surface area (Å²) >= 11 is 0. The van der Waals surface area contributed by atoms with Crippen molar-refractivity contribution in [3.8, 4) is 11.5 Å². The number of nitrogens with zero attached hydrogens (tertiary/aromatic N) is 3. The Hall–Kier alpha value is -2.05. The van der Waals surface area contributed by atoms with Crippen molar-refractivity contribution in [1.82, 2.24) is 14.5 Å². The summed E-state index contributed by atoms with van der Waals surface area (Å²) in [6.45, 7) is 6.43. The topological polar surface area (TPSA) is 48.8 Å². The molecule has 6 heteroatoms. The zero-order valence-electron chi connectivity index (χ0n) is 16.0. The van der Waals surface area contributed by atoms with Crippen molar-refractivity contribution in [2.75, 3.05) is 27.4 Å². The number of ether oxygens (including phenoxy) is 3. The van der Waals surface area contributed by atoms with Gasteiger partial charge in [0.05, 0.1) is 32.3 Å². The van der Waals surface area contributed by atoms with Crippen LogP contribution >= 0.6 is 0 Å². The van der Waals surface area contributed by atoms with E-state index in [0.717, 1.165) is 62.7 Å². The third-order valence-electron chi connectivity index (χ3n) is 4.89. The fourth-order valence-corrected chi connectivity index (χ4v) is 3.57. The largest absolute Gasteiger partial charge is 0.493 e. The second kappa shape index (κ2) is 9.05. The molecule has 1 aliphatic heterocycles. The highest BCUT2D eigenvalue weighted by Crippen LogP contribution is 2.32. The van der Waals surface area contributed by atoms with Gasteiger partial charge in [-0.05, 0) is 25.8 Å². The van der Waals surface area contributed by atoms with Gasteiger partial charge in [0.25, 0.3) is 0 Å². The highest BCUT2D eigenvalue weighted by Gasteiger charge is 2.22. The standard InChI is InChI=1S/C20H29N3O3/c1-4-23-15-21-11-17(23)13-22(14-18-8-6-10-26-18)12-16-7-5-9-19(24-2)20(16)25-3/h5,7,9,11,15,18H,4,6,8,10,12-14H2,1-3H3/t18-/m1/s1. The van der Waals surface area contributed by atoms with Crippen LogP contribution in [0.25, 0.3) is 0 Å². The molecule has 2 aromatic rings. The van der Waals surface area contributed by atoms with Gasteiger partial charge in [0.2, 0.25) is 0 Å². The molecule has 0 spiro atoms. The Morgan fingerprint density at radius 3 is 2.85 bits per heavy atom. The molecule has 1 atom stereocenters. The third-order valence-corrected chi connectivity index (χ3v) is 4.89. The average Bonchev–Trinajstić information content (AvgIpc) is 3.33. The Labute approximate surface area is 155 Å². The summed E-state index contributed by atoms with van der Waals surface area (Å²) < 4.78 is 19.1. The van der Waals surface area contributed by atoms with Gasteiger partial charge in [0.15, 0.2) is 11.5 Å². The number of hydrogen-bond acceptors (Lipinski definition) is 5. The first-order chi connectivity index (χ1) is 12.7. The van der Waals surface area contributed by atoms with Gasteiger partial charge in [-0.15, -0.1) is 0 Å². The molecule has 3 rings (SSSR count). The number of imidazole rings is 1. The number of aromatic nitrogens is 2. The Morgan fingerprint density at radius 2 is 2.15 bits per heavy atom. The minimum absolute atomic E-state index is 0.296. The lowest BCUT2D eigenvalue weighted by atomic mass is 10.1. The van der Waals surface area contributed by atoms with Crippen molar-refractivity contribution in [3.05, 3.63) is 42.0 Å². The number of methoxy groups -OCH3 is 2. The maximum atomic E-state index is 5.88. The molecule has 1 aromatic carbocycles. The van der Waals surface area contributed by atoms with Crippen LogP contribution in [0.5, 0.6) is 11.5 Å². The van der Waals surface area contributed by atoms with Crippen LogP contribution in [-0.2, 0) is 24.4 Å². The van der Waals surface area contributed by atoms with Gasteiger partial charge < -0.3 is 18.8 Å². The van der Waals surface area contributed by atoms with Gasteiger partial charge >= 0.3 is 0 Å². The number of aryl methyl sites for hydroxylation is 1. The van der Waals surface area contributed by atoms with E-state index in [0.29, 0.717) is 6.10 Å². The predicted molar refractivity (Wildman–Crippen MR) is 101 cm³/mol. The van der Waals surface area contributed by atoms with Crippen LogP contribution in [0.4, 0.5) is 0 Å². The van der Waals surface area contributed by atoms with Crippen molar-refractivity contribution in [1.29, 1.82) is 0 Å². The molecule has 1 saturated heterocycles. The normalized spacial score (nSPS) is 17.0. The monoisotopic (exact) mass is 359 g/mol. The zero-order valence-corrected chi connectivity index (χ0v) is 16.0. The minimum Gasteiger partial charge on any atom is -0.493 e. The van der Waals surface area contributed by atoms with E-state index in [9.17, 15) is 0 Å². The summed E-state index contributed by atoms with van der Waals surface area (Å²) in [6.07, 6.45) is 6.41. The average molecular weight is 359 g/mol. The fraction of sp³-hybridized carbons (Fsp3) is 0.550. The Morgan fingerprint density at radius 1 is 1.27 bits per heavy atom. The van der Waals surface area contributed by atoms with E-state index in [1.54, 1.807) is 14.2 Å². The van der Waals surface area contributed by atoms with Crippen molar-refractivity contribution >= 4 is 0 Å². The van der Waals surface area contributed by atoms with Crippen LogP contribution < -0.4 is 9.47 Å². The lowest BCUT2D eigenvalue weighted by Crippen LogP contribution is -2.32. The molecule has 1 fully saturated rings. The first kappa shape index (κ1) is 18.7. The van der Waals surface area contributed by atoms with Crippen LogP contribution in [0.2, 0.25) is 0 Å². The summed E-state index contributed by atoms with van der Waals surface area (Å²) in [5.41, 5.74) is 2.33. The first-order valence-corrected chi connectivity index (χ1v) is 9.28. The molecule has 0 saturated carbocycles. The van der Waals surface area contributed by atoms with Gasteiger partial charge in [-0.2, -0.15) is 0 Å². The van der Waals surface area contributed by atoms with Gasteiger partial charge in [0.1, 0.15) is 0 Å². The molecule has 26 heavy (non-hydrogen) atoms. The van der Waals surface area contributed by atoms with Crippen LogP contribution in [0, 0.1) is 0 Å². The molecule has 0 aliphatic carbocycles. The highest BCUT2D eigenvalue weighted by molar-refractivity contribution is 5.46. The van der Waals surface area contributed by atoms with Crippen molar-refractivity contribution < 1.29 is 14.2 Å². The second-order valence-corrected chi connectivity index (χ2v) is 6.63. The molecule has 0 N–H and O–H groups in total. The number of benzene rings is 1. The summed E-state index contributed by atoms with van der Waals surface area (Å²) in [7, 11) is 3.36. The van der Waals surface area contributed by atoms with Crippen molar-refractivity contribution in [2.24, 2.45) is 0 Å². The van der Waals surface area contributed by atoms with Crippen LogP contribution in [0.1, 0.15) is 31.0 Å². The number of para-hydroxylation sites is 1. The predicted octanol–water partition coefficient (Wildman–Crippen LogP) is 3.10. The molecule has 6 nitrogen and oxygen atoms in total. The van der Waals surface area contributed by atoms with Gasteiger partial charge in [-0.1, -0.05) is 12.1 Å².